The van der Waals surface area contributed by atoms with E-state index in [1.807, 2.05) is 25.1 Å². The monoisotopic (exact) mass is 159 g/mol. The van der Waals surface area contributed by atoms with Gasteiger partial charge in [-0.2, -0.15) is 0 Å². The van der Waals surface area contributed by atoms with Gasteiger partial charge in [-0.05, 0) is 31.0 Å². The average Bonchev–Trinajstić information content (AvgIpc) is 2.09. The van der Waals surface area contributed by atoms with Crippen molar-refractivity contribution in [1.29, 1.82) is 0 Å². The molecule has 0 spiro atoms. The molecule has 0 bridgehead atoms. The Bertz CT molecular complexity index is 270. The summed E-state index contributed by atoms with van der Waals surface area (Å²) in [6, 6.07) is 8.17. The second-order valence-electron chi connectivity index (χ2n) is 2.55. The summed E-state index contributed by atoms with van der Waals surface area (Å²) in [5.41, 5.74) is 2.28. The quantitative estimate of drug-likeness (QED) is 0.474. The van der Waals surface area contributed by atoms with E-state index in [1.54, 1.807) is 6.21 Å². The summed E-state index contributed by atoms with van der Waals surface area (Å²) in [7, 11) is 0. The fourth-order valence-electron chi connectivity index (χ4n) is 1.03. The van der Waals surface area contributed by atoms with E-state index in [4.69, 9.17) is 0 Å². The van der Waals surface area contributed by atoms with Crippen LogP contribution in [0.25, 0.3) is 0 Å². The van der Waals surface area contributed by atoms with E-state index in [-0.39, 0.29) is 0 Å². The van der Waals surface area contributed by atoms with Crippen LogP contribution in [0.4, 0.5) is 5.69 Å². The molecule has 1 nitrogen and oxygen atoms in total. The number of hydrogen-bond acceptors (Lipinski definition) is 1. The van der Waals surface area contributed by atoms with Crippen LogP contribution in [0.5, 0.6) is 0 Å². The number of benzene rings is 1. The normalized spacial score (nSPS) is 10.4. The lowest BCUT2D eigenvalue weighted by Crippen LogP contribution is -1.77. The highest BCUT2D eigenvalue weighted by Crippen LogP contribution is 2.12. The molecule has 0 aliphatic heterocycles. The standard InChI is InChI=1S/C11H13N/c1-3-5-10-6-8-11(9-7-10)12-4-2/h3-4,6-9H,1,5H2,2H3. The summed E-state index contributed by atoms with van der Waals surface area (Å²) in [6.07, 6.45) is 4.62. The molecule has 1 aromatic carbocycles. The average molecular weight is 159 g/mol. The number of aliphatic imine (C=N–C) groups is 1. The number of hydrogen-bond donors (Lipinski definition) is 0. The predicted molar refractivity (Wildman–Crippen MR) is 54.2 cm³/mol. The molecule has 0 aliphatic rings. The Morgan fingerprint density at radius 1 is 1.33 bits per heavy atom. The highest BCUT2D eigenvalue weighted by Gasteiger charge is 1.89. The molecule has 0 heterocycles. The van der Waals surface area contributed by atoms with E-state index in [0.29, 0.717) is 0 Å². The first-order valence-corrected chi connectivity index (χ1v) is 4.05. The van der Waals surface area contributed by atoms with Crippen LogP contribution in [0.3, 0.4) is 0 Å². The molecule has 12 heavy (non-hydrogen) atoms. The lowest BCUT2D eigenvalue weighted by Gasteiger charge is -1.96. The Morgan fingerprint density at radius 3 is 2.50 bits per heavy atom. The van der Waals surface area contributed by atoms with Gasteiger partial charge in [0, 0.05) is 6.21 Å². The van der Waals surface area contributed by atoms with Crippen LogP contribution in [0.1, 0.15) is 12.5 Å². The van der Waals surface area contributed by atoms with E-state index < -0.39 is 0 Å². The lowest BCUT2D eigenvalue weighted by atomic mass is 10.1. The van der Waals surface area contributed by atoms with Gasteiger partial charge < -0.3 is 0 Å². The molecule has 0 saturated carbocycles. The summed E-state index contributed by atoms with van der Waals surface area (Å²) in [4.78, 5) is 4.16. The number of nitrogens with zero attached hydrogens (tertiary/aromatic N) is 1. The SMILES string of the molecule is C=CCc1ccc(N=CC)cc1. The van der Waals surface area contributed by atoms with Crippen LogP contribution < -0.4 is 0 Å². The number of rotatable bonds is 3. The first kappa shape index (κ1) is 8.72. The lowest BCUT2D eigenvalue weighted by molar-refractivity contribution is 1.27. The maximum absolute atomic E-state index is 4.16. The van der Waals surface area contributed by atoms with E-state index in [2.05, 4.69) is 23.7 Å². The second-order valence-corrected chi connectivity index (χ2v) is 2.55. The van der Waals surface area contributed by atoms with Gasteiger partial charge in [-0.15, -0.1) is 6.58 Å². The van der Waals surface area contributed by atoms with Crippen LogP contribution in [0.2, 0.25) is 0 Å². The van der Waals surface area contributed by atoms with Crippen LogP contribution in [-0.4, -0.2) is 6.21 Å². The fourth-order valence-corrected chi connectivity index (χ4v) is 1.03. The minimum absolute atomic E-state index is 0.927. The smallest absolute Gasteiger partial charge is 0.0625 e. The molecule has 1 aromatic rings. The van der Waals surface area contributed by atoms with Gasteiger partial charge in [0.1, 0.15) is 0 Å². The molecule has 0 N–H and O–H groups in total. The third-order valence-electron chi connectivity index (χ3n) is 1.59. The van der Waals surface area contributed by atoms with Gasteiger partial charge in [-0.1, -0.05) is 18.2 Å². The molecule has 0 amide bonds. The zero-order chi connectivity index (χ0) is 8.81. The van der Waals surface area contributed by atoms with Crippen molar-refractivity contribution in [1.82, 2.24) is 0 Å². The van der Waals surface area contributed by atoms with Crippen molar-refractivity contribution in [3.63, 3.8) is 0 Å². The first-order valence-electron chi connectivity index (χ1n) is 4.05. The van der Waals surface area contributed by atoms with Crippen LogP contribution >= 0.6 is 0 Å². The van der Waals surface area contributed by atoms with Crippen molar-refractivity contribution in [2.24, 2.45) is 4.99 Å². The zero-order valence-corrected chi connectivity index (χ0v) is 7.33. The Morgan fingerprint density at radius 2 is 2.00 bits per heavy atom. The van der Waals surface area contributed by atoms with Crippen LogP contribution in [0.15, 0.2) is 41.9 Å². The van der Waals surface area contributed by atoms with Crippen molar-refractivity contribution in [2.45, 2.75) is 13.3 Å². The largest absolute Gasteiger partial charge is 0.262 e. The third-order valence-corrected chi connectivity index (χ3v) is 1.59. The van der Waals surface area contributed by atoms with Crippen molar-refractivity contribution in [2.75, 3.05) is 0 Å². The molecule has 1 heteroatoms. The second kappa shape index (κ2) is 4.50. The van der Waals surface area contributed by atoms with Gasteiger partial charge in [0.25, 0.3) is 0 Å². The zero-order valence-electron chi connectivity index (χ0n) is 7.33. The molecule has 1 rings (SSSR count). The van der Waals surface area contributed by atoms with Gasteiger partial charge in [0.05, 0.1) is 5.69 Å². The van der Waals surface area contributed by atoms with Crippen LogP contribution in [-0.2, 0) is 6.42 Å². The minimum Gasteiger partial charge on any atom is -0.262 e. The summed E-state index contributed by atoms with van der Waals surface area (Å²) >= 11 is 0. The summed E-state index contributed by atoms with van der Waals surface area (Å²) < 4.78 is 0. The van der Waals surface area contributed by atoms with E-state index in [9.17, 15) is 0 Å². The maximum atomic E-state index is 4.16. The van der Waals surface area contributed by atoms with E-state index in [1.165, 1.54) is 5.56 Å². The predicted octanol–water partition coefficient (Wildman–Crippen LogP) is 3.14. The summed E-state index contributed by atoms with van der Waals surface area (Å²) in [5.74, 6) is 0. The molecule has 0 unspecified atom stereocenters. The Labute approximate surface area is 73.5 Å². The molecule has 0 saturated heterocycles. The van der Waals surface area contributed by atoms with Crippen molar-refractivity contribution in [3.05, 3.63) is 42.5 Å². The van der Waals surface area contributed by atoms with Crippen molar-refractivity contribution in [3.8, 4) is 0 Å². The first-order chi connectivity index (χ1) is 5.86. The highest BCUT2D eigenvalue weighted by molar-refractivity contribution is 5.60. The van der Waals surface area contributed by atoms with Gasteiger partial charge in [0.2, 0.25) is 0 Å². The van der Waals surface area contributed by atoms with Gasteiger partial charge >= 0.3 is 0 Å². The molecular weight excluding hydrogens is 146 g/mol. The highest BCUT2D eigenvalue weighted by atomic mass is 14.7. The Balaban J connectivity index is 2.77. The summed E-state index contributed by atoms with van der Waals surface area (Å²) in [5, 5.41) is 0. The van der Waals surface area contributed by atoms with Gasteiger partial charge in [-0.25, -0.2) is 0 Å². The Kier molecular flexibility index (Phi) is 3.27. The summed E-state index contributed by atoms with van der Waals surface area (Å²) in [6.45, 7) is 5.60. The Hall–Kier alpha value is -1.37. The minimum atomic E-state index is 0.927. The van der Waals surface area contributed by atoms with E-state index in [0.717, 1.165) is 12.1 Å². The topological polar surface area (TPSA) is 12.4 Å². The molecular formula is C11H13N. The molecule has 0 atom stereocenters. The van der Waals surface area contributed by atoms with E-state index >= 15 is 0 Å². The molecule has 62 valence electrons. The number of allylic oxidation sites excluding steroid dienone is 1. The maximum Gasteiger partial charge on any atom is 0.0625 e. The van der Waals surface area contributed by atoms with Crippen molar-refractivity contribution >= 4 is 11.9 Å². The van der Waals surface area contributed by atoms with Crippen LogP contribution in [0, 0.1) is 0 Å². The van der Waals surface area contributed by atoms with Gasteiger partial charge in [-0.3, -0.25) is 4.99 Å². The molecule has 0 aliphatic carbocycles. The van der Waals surface area contributed by atoms with Gasteiger partial charge in [0.15, 0.2) is 0 Å². The fraction of sp³-hybridized carbons (Fsp3) is 0.182. The third kappa shape index (κ3) is 2.35. The molecule has 0 radical (unpaired) electrons. The molecule has 0 fully saturated rings. The molecule has 0 aromatic heterocycles. The van der Waals surface area contributed by atoms with Crippen molar-refractivity contribution < 1.29 is 0 Å².